The summed E-state index contributed by atoms with van der Waals surface area (Å²) in [6, 6.07) is 4.63. The molecule has 118 valence electrons. The lowest BCUT2D eigenvalue weighted by Crippen LogP contribution is -2.30. The third-order valence-electron chi connectivity index (χ3n) is 4.33. The molecule has 0 amide bonds. The molecular weight excluding hydrogens is 263 g/mol. The maximum atomic E-state index is 14.0. The second-order valence-corrected chi connectivity index (χ2v) is 6.22. The van der Waals surface area contributed by atoms with Gasteiger partial charge in [-0.25, -0.2) is 4.39 Å². The quantitative estimate of drug-likeness (QED) is 0.755. The van der Waals surface area contributed by atoms with Crippen LogP contribution in [-0.2, 0) is 0 Å². The van der Waals surface area contributed by atoms with E-state index in [1.807, 2.05) is 13.0 Å². The average molecular weight is 292 g/mol. The maximum Gasteiger partial charge on any atom is 0.126 e. The van der Waals surface area contributed by atoms with Crippen molar-refractivity contribution in [2.24, 2.45) is 0 Å². The van der Waals surface area contributed by atoms with Crippen molar-refractivity contribution >= 4 is 5.69 Å². The zero-order chi connectivity index (χ0) is 15.4. The highest BCUT2D eigenvalue weighted by molar-refractivity contribution is 5.58. The Morgan fingerprint density at radius 2 is 2.05 bits per heavy atom. The Morgan fingerprint density at radius 3 is 2.62 bits per heavy atom. The maximum absolute atomic E-state index is 14.0. The number of hydrogen-bond acceptors (Lipinski definition) is 2. The van der Waals surface area contributed by atoms with E-state index in [4.69, 9.17) is 0 Å². The first-order valence-corrected chi connectivity index (χ1v) is 8.38. The average Bonchev–Trinajstić information content (AvgIpc) is 3.27. The van der Waals surface area contributed by atoms with Gasteiger partial charge in [-0.1, -0.05) is 20.3 Å². The molecule has 0 bridgehead atoms. The fourth-order valence-electron chi connectivity index (χ4n) is 2.91. The fraction of sp³-hybridized carbons (Fsp3) is 0.667. The van der Waals surface area contributed by atoms with Crippen LogP contribution in [0.25, 0.3) is 0 Å². The standard InChI is InChI=1S/C18H29FN2/c1-5-7-10-21(15-8-9-15)18-11-13(3)17(19)12-16(18)14(4)20-6-2/h11-12,14-15,20H,5-10H2,1-4H3. The van der Waals surface area contributed by atoms with E-state index in [9.17, 15) is 4.39 Å². The number of aryl methyl sites for hydroxylation is 1. The number of halogens is 1. The lowest BCUT2D eigenvalue weighted by molar-refractivity contribution is 0.575. The lowest BCUT2D eigenvalue weighted by atomic mass is 10.0. The highest BCUT2D eigenvalue weighted by atomic mass is 19.1. The molecule has 1 fully saturated rings. The van der Waals surface area contributed by atoms with Gasteiger partial charge in [-0.15, -0.1) is 0 Å². The normalized spacial score (nSPS) is 16.0. The van der Waals surface area contributed by atoms with Gasteiger partial charge in [-0.05, 0) is 62.9 Å². The molecule has 21 heavy (non-hydrogen) atoms. The van der Waals surface area contributed by atoms with Gasteiger partial charge in [0.25, 0.3) is 0 Å². The van der Waals surface area contributed by atoms with E-state index in [2.05, 4.69) is 31.0 Å². The Balaban J connectivity index is 2.35. The zero-order valence-corrected chi connectivity index (χ0v) is 13.9. The lowest BCUT2D eigenvalue weighted by Gasteiger charge is -2.30. The molecule has 3 heteroatoms. The van der Waals surface area contributed by atoms with Crippen molar-refractivity contribution in [2.45, 2.75) is 65.5 Å². The second-order valence-electron chi connectivity index (χ2n) is 6.22. The van der Waals surface area contributed by atoms with Crippen molar-refractivity contribution in [1.29, 1.82) is 0 Å². The summed E-state index contributed by atoms with van der Waals surface area (Å²) in [6.07, 6.45) is 4.94. The molecule has 2 nitrogen and oxygen atoms in total. The van der Waals surface area contributed by atoms with E-state index >= 15 is 0 Å². The van der Waals surface area contributed by atoms with Crippen molar-refractivity contribution in [3.05, 3.63) is 29.1 Å². The summed E-state index contributed by atoms with van der Waals surface area (Å²) in [5.74, 6) is -0.0928. The van der Waals surface area contributed by atoms with Crippen LogP contribution in [0.2, 0.25) is 0 Å². The van der Waals surface area contributed by atoms with Crippen molar-refractivity contribution < 1.29 is 4.39 Å². The van der Waals surface area contributed by atoms with Crippen molar-refractivity contribution in [3.63, 3.8) is 0 Å². The summed E-state index contributed by atoms with van der Waals surface area (Å²) in [4.78, 5) is 2.51. The number of benzene rings is 1. The van der Waals surface area contributed by atoms with Crippen LogP contribution in [0.5, 0.6) is 0 Å². The van der Waals surface area contributed by atoms with Gasteiger partial charge in [-0.3, -0.25) is 0 Å². The first-order chi connectivity index (χ1) is 10.1. The molecule has 0 aromatic heterocycles. The molecular formula is C18H29FN2. The van der Waals surface area contributed by atoms with Gasteiger partial charge in [0.15, 0.2) is 0 Å². The molecule has 1 N–H and O–H groups in total. The number of unbranched alkanes of at least 4 members (excludes halogenated alkanes) is 1. The summed E-state index contributed by atoms with van der Waals surface area (Å²) in [5.41, 5.74) is 3.08. The van der Waals surface area contributed by atoms with Crippen molar-refractivity contribution in [1.82, 2.24) is 5.32 Å². The van der Waals surface area contributed by atoms with Crippen molar-refractivity contribution in [2.75, 3.05) is 18.0 Å². The fourth-order valence-corrected chi connectivity index (χ4v) is 2.91. The highest BCUT2D eigenvalue weighted by Gasteiger charge is 2.31. The topological polar surface area (TPSA) is 15.3 Å². The molecule has 2 rings (SSSR count). The molecule has 1 unspecified atom stereocenters. The predicted molar refractivity (Wildman–Crippen MR) is 88.5 cm³/mol. The van der Waals surface area contributed by atoms with Crippen LogP contribution in [0.1, 0.15) is 63.6 Å². The summed E-state index contributed by atoms with van der Waals surface area (Å²) in [5, 5.41) is 3.43. The van der Waals surface area contributed by atoms with Crippen LogP contribution in [0.3, 0.4) is 0 Å². The van der Waals surface area contributed by atoms with Gasteiger partial charge in [0, 0.05) is 24.3 Å². The predicted octanol–water partition coefficient (Wildman–Crippen LogP) is 4.57. The molecule has 0 aliphatic heterocycles. The van der Waals surface area contributed by atoms with Gasteiger partial charge in [-0.2, -0.15) is 0 Å². The minimum Gasteiger partial charge on any atom is -0.368 e. The SMILES string of the molecule is CCCCN(c1cc(C)c(F)cc1C(C)NCC)C1CC1. The minimum atomic E-state index is -0.0928. The van der Waals surface area contributed by atoms with E-state index in [1.54, 1.807) is 6.07 Å². The third kappa shape index (κ3) is 3.97. The van der Waals surface area contributed by atoms with Crippen LogP contribution in [-0.4, -0.2) is 19.1 Å². The van der Waals surface area contributed by atoms with Gasteiger partial charge in [0.05, 0.1) is 0 Å². The third-order valence-corrected chi connectivity index (χ3v) is 4.33. The first kappa shape index (κ1) is 16.3. The summed E-state index contributed by atoms with van der Waals surface area (Å²) < 4.78 is 14.0. The molecule has 1 aromatic carbocycles. The Kier molecular flexibility index (Phi) is 5.63. The molecule has 0 heterocycles. The van der Waals surface area contributed by atoms with E-state index < -0.39 is 0 Å². The van der Waals surface area contributed by atoms with Gasteiger partial charge < -0.3 is 10.2 Å². The monoisotopic (exact) mass is 292 g/mol. The smallest absolute Gasteiger partial charge is 0.126 e. The van der Waals surface area contributed by atoms with E-state index in [0.29, 0.717) is 6.04 Å². The second kappa shape index (κ2) is 7.26. The molecule has 0 spiro atoms. The van der Waals surface area contributed by atoms with Crippen LogP contribution < -0.4 is 10.2 Å². The summed E-state index contributed by atoms with van der Waals surface area (Å²) >= 11 is 0. The first-order valence-electron chi connectivity index (χ1n) is 8.38. The van der Waals surface area contributed by atoms with Gasteiger partial charge >= 0.3 is 0 Å². The molecule has 1 atom stereocenters. The number of hydrogen-bond donors (Lipinski definition) is 1. The number of anilines is 1. The molecule has 1 aromatic rings. The summed E-state index contributed by atoms with van der Waals surface area (Å²) in [6.45, 7) is 10.3. The summed E-state index contributed by atoms with van der Waals surface area (Å²) in [7, 11) is 0. The van der Waals surface area contributed by atoms with Crippen LogP contribution >= 0.6 is 0 Å². The van der Waals surface area contributed by atoms with Crippen molar-refractivity contribution in [3.8, 4) is 0 Å². The minimum absolute atomic E-state index is 0.0928. The molecule has 0 radical (unpaired) electrons. The Bertz CT molecular complexity index is 469. The van der Waals surface area contributed by atoms with Gasteiger partial charge in [0.1, 0.15) is 5.82 Å². The molecule has 1 saturated carbocycles. The number of nitrogens with one attached hydrogen (secondary N) is 1. The van der Waals surface area contributed by atoms with E-state index in [1.165, 1.54) is 31.4 Å². The van der Waals surface area contributed by atoms with Crippen LogP contribution in [0, 0.1) is 12.7 Å². The van der Waals surface area contributed by atoms with Crippen LogP contribution in [0.4, 0.5) is 10.1 Å². The number of nitrogens with zero attached hydrogens (tertiary/aromatic N) is 1. The van der Waals surface area contributed by atoms with Gasteiger partial charge in [0.2, 0.25) is 0 Å². The number of rotatable bonds is 8. The molecule has 1 aliphatic rings. The Labute approximate surface area is 128 Å². The van der Waals surface area contributed by atoms with E-state index in [0.717, 1.165) is 24.2 Å². The van der Waals surface area contributed by atoms with E-state index in [-0.39, 0.29) is 11.9 Å². The molecule has 0 saturated heterocycles. The highest BCUT2D eigenvalue weighted by Crippen LogP contribution is 2.37. The largest absolute Gasteiger partial charge is 0.368 e. The zero-order valence-electron chi connectivity index (χ0n) is 13.9. The molecule has 1 aliphatic carbocycles. The Morgan fingerprint density at radius 1 is 1.33 bits per heavy atom. The Hall–Kier alpha value is -1.09. The van der Waals surface area contributed by atoms with Crippen LogP contribution in [0.15, 0.2) is 12.1 Å².